The number of benzene rings is 4. The molecule has 39 heavy (non-hydrogen) atoms. The van der Waals surface area contributed by atoms with Crippen LogP contribution in [0, 0.1) is 0 Å². The van der Waals surface area contributed by atoms with Gasteiger partial charge in [-0.1, -0.05) is 48.2 Å². The fourth-order valence-electron chi connectivity index (χ4n) is 5.65. The Kier molecular flexibility index (Phi) is 5.03. The summed E-state index contributed by atoms with van der Waals surface area (Å²) in [6.45, 7) is 0. The van der Waals surface area contributed by atoms with Gasteiger partial charge in [0.25, 0.3) is 0 Å². The molecule has 4 aromatic heterocycles. The van der Waals surface area contributed by atoms with Crippen molar-refractivity contribution in [2.45, 2.75) is 9.79 Å². The second-order valence-electron chi connectivity index (χ2n) is 9.58. The van der Waals surface area contributed by atoms with E-state index in [0.717, 1.165) is 11.4 Å². The minimum Gasteiger partial charge on any atom is -0.309 e. The van der Waals surface area contributed by atoms with Crippen molar-refractivity contribution < 1.29 is 0 Å². The Morgan fingerprint density at radius 3 is 1.28 bits per heavy atom. The van der Waals surface area contributed by atoms with Crippen LogP contribution in [-0.4, -0.2) is 19.1 Å². The van der Waals surface area contributed by atoms with Crippen molar-refractivity contribution in [3.05, 3.63) is 134 Å². The lowest BCUT2D eigenvalue weighted by Crippen LogP contribution is -1.94. The van der Waals surface area contributed by atoms with Crippen molar-refractivity contribution in [2.75, 3.05) is 0 Å². The topological polar surface area (TPSA) is 35.6 Å². The predicted octanol–water partition coefficient (Wildman–Crippen LogP) is 8.82. The fraction of sp³-hybridized carbons (Fsp3) is 0. The van der Waals surface area contributed by atoms with Gasteiger partial charge in [-0.2, -0.15) is 0 Å². The van der Waals surface area contributed by atoms with Gasteiger partial charge < -0.3 is 9.13 Å². The highest BCUT2D eigenvalue weighted by atomic mass is 32.2. The normalized spacial score (nSPS) is 11.7. The van der Waals surface area contributed by atoms with Crippen LogP contribution in [0.4, 0.5) is 0 Å². The van der Waals surface area contributed by atoms with Gasteiger partial charge in [0.2, 0.25) is 0 Å². The van der Waals surface area contributed by atoms with Crippen LogP contribution in [0.1, 0.15) is 0 Å². The smallest absolute Gasteiger partial charge is 0.0571 e. The van der Waals surface area contributed by atoms with Gasteiger partial charge in [-0.15, -0.1) is 0 Å². The van der Waals surface area contributed by atoms with Crippen LogP contribution in [0.25, 0.3) is 55.0 Å². The Morgan fingerprint density at radius 1 is 0.410 bits per heavy atom. The first-order valence-corrected chi connectivity index (χ1v) is 13.7. The molecule has 0 amide bonds. The maximum absolute atomic E-state index is 4.36. The zero-order valence-corrected chi connectivity index (χ0v) is 21.7. The van der Waals surface area contributed by atoms with Crippen molar-refractivity contribution >= 4 is 55.4 Å². The van der Waals surface area contributed by atoms with E-state index in [1.165, 1.54) is 53.4 Å². The minimum absolute atomic E-state index is 1.15. The van der Waals surface area contributed by atoms with Crippen LogP contribution in [0.3, 0.4) is 0 Å². The molecule has 0 unspecified atom stereocenters. The van der Waals surface area contributed by atoms with E-state index in [0.29, 0.717) is 0 Å². The Bertz CT molecular complexity index is 1880. The molecule has 0 aliphatic carbocycles. The Hall–Kier alpha value is -4.87. The Morgan fingerprint density at radius 2 is 0.821 bits per heavy atom. The zero-order valence-electron chi connectivity index (χ0n) is 20.9. The molecule has 0 radical (unpaired) electrons. The van der Waals surface area contributed by atoms with E-state index in [4.69, 9.17) is 0 Å². The highest BCUT2D eigenvalue weighted by molar-refractivity contribution is 7.99. The predicted molar refractivity (Wildman–Crippen MR) is 161 cm³/mol. The van der Waals surface area contributed by atoms with E-state index in [9.17, 15) is 0 Å². The minimum atomic E-state index is 1.15. The van der Waals surface area contributed by atoms with Gasteiger partial charge in [0, 0.05) is 67.5 Å². The quantitative estimate of drug-likeness (QED) is 0.233. The van der Waals surface area contributed by atoms with Crippen LogP contribution in [-0.2, 0) is 0 Å². The van der Waals surface area contributed by atoms with Gasteiger partial charge in [0.1, 0.15) is 0 Å². The van der Waals surface area contributed by atoms with Crippen LogP contribution in [0.5, 0.6) is 0 Å². The Labute approximate surface area is 229 Å². The molecular formula is C34H22N4S. The second-order valence-corrected chi connectivity index (χ2v) is 10.7. The lowest BCUT2D eigenvalue weighted by molar-refractivity contribution is 1.16. The average Bonchev–Trinajstić information content (AvgIpc) is 3.51. The first-order chi connectivity index (χ1) is 19.3. The first-order valence-electron chi connectivity index (χ1n) is 12.9. The molecule has 0 saturated carbocycles. The number of rotatable bonds is 4. The lowest BCUT2D eigenvalue weighted by Gasteiger charge is -2.10. The summed E-state index contributed by atoms with van der Waals surface area (Å²) in [6.07, 6.45) is 7.64. The summed E-state index contributed by atoms with van der Waals surface area (Å²) in [5.74, 6) is 0. The molecule has 0 aliphatic rings. The van der Waals surface area contributed by atoms with Crippen LogP contribution in [0.15, 0.2) is 144 Å². The third-order valence-corrected chi connectivity index (χ3v) is 8.39. The maximum Gasteiger partial charge on any atom is 0.0571 e. The molecule has 0 bridgehead atoms. The highest BCUT2D eigenvalue weighted by Gasteiger charge is 2.13. The molecule has 8 rings (SSSR count). The molecule has 4 nitrogen and oxygen atoms in total. The van der Waals surface area contributed by atoms with Crippen molar-refractivity contribution in [3.8, 4) is 11.4 Å². The third kappa shape index (κ3) is 3.55. The van der Waals surface area contributed by atoms with Gasteiger partial charge >= 0.3 is 0 Å². The molecule has 4 aromatic carbocycles. The summed E-state index contributed by atoms with van der Waals surface area (Å²) in [5.41, 5.74) is 7.02. The van der Waals surface area contributed by atoms with E-state index in [2.05, 4.69) is 128 Å². The molecule has 4 heterocycles. The molecule has 0 aliphatic heterocycles. The molecule has 0 N–H and O–H groups in total. The lowest BCUT2D eigenvalue weighted by atomic mass is 10.2. The molecule has 5 heteroatoms. The van der Waals surface area contributed by atoms with Crippen LogP contribution >= 0.6 is 11.8 Å². The second kappa shape index (κ2) is 8.86. The van der Waals surface area contributed by atoms with Crippen molar-refractivity contribution in [1.29, 1.82) is 0 Å². The highest BCUT2D eigenvalue weighted by Crippen LogP contribution is 2.35. The number of para-hydroxylation sites is 2. The third-order valence-electron chi connectivity index (χ3n) is 7.37. The largest absolute Gasteiger partial charge is 0.309 e. The van der Waals surface area contributed by atoms with Crippen molar-refractivity contribution in [2.24, 2.45) is 0 Å². The van der Waals surface area contributed by atoms with E-state index in [1.807, 2.05) is 24.8 Å². The monoisotopic (exact) mass is 518 g/mol. The van der Waals surface area contributed by atoms with Gasteiger partial charge in [-0.25, -0.2) is 0 Å². The number of pyridine rings is 2. The molecule has 0 saturated heterocycles. The Balaban J connectivity index is 1.12. The number of nitrogens with zero attached hydrogens (tertiary/aromatic N) is 4. The standard InChI is InChI=1S/C34H22N4S/c1-3-7-31-27(5-1)29-21-35-19-17-33(29)37(31)23-9-13-25(14-10-23)39-26-15-11-24(12-16-26)38-32-8-4-2-6-28(32)30-22-36-20-18-34(30)38/h1-22H. The van der Waals surface area contributed by atoms with E-state index >= 15 is 0 Å². The molecule has 0 spiro atoms. The molecule has 8 aromatic rings. The van der Waals surface area contributed by atoms with E-state index in [1.54, 1.807) is 11.8 Å². The van der Waals surface area contributed by atoms with E-state index < -0.39 is 0 Å². The summed E-state index contributed by atoms with van der Waals surface area (Å²) in [6, 6.07) is 38.8. The van der Waals surface area contributed by atoms with Crippen molar-refractivity contribution in [3.63, 3.8) is 0 Å². The van der Waals surface area contributed by atoms with E-state index in [-0.39, 0.29) is 0 Å². The summed E-state index contributed by atoms with van der Waals surface area (Å²) in [7, 11) is 0. The van der Waals surface area contributed by atoms with Gasteiger partial charge in [0.05, 0.1) is 22.1 Å². The maximum atomic E-state index is 4.36. The number of aromatic nitrogens is 4. The number of hydrogen-bond donors (Lipinski definition) is 0. The first kappa shape index (κ1) is 22.1. The summed E-state index contributed by atoms with van der Waals surface area (Å²) >= 11 is 1.78. The zero-order chi connectivity index (χ0) is 25.8. The molecule has 0 atom stereocenters. The number of hydrogen-bond acceptors (Lipinski definition) is 3. The van der Waals surface area contributed by atoms with Crippen LogP contribution in [0.2, 0.25) is 0 Å². The summed E-state index contributed by atoms with van der Waals surface area (Å²) in [4.78, 5) is 11.1. The molecular weight excluding hydrogens is 496 g/mol. The number of fused-ring (bicyclic) bond motifs is 6. The fourth-order valence-corrected chi connectivity index (χ4v) is 6.47. The van der Waals surface area contributed by atoms with Gasteiger partial charge in [-0.3, -0.25) is 9.97 Å². The SMILES string of the molecule is c1ccc2c(c1)c1cnccc1n2-c1ccc(Sc2ccc(-n3c4ccccc4c4cnccc43)cc2)cc1. The van der Waals surface area contributed by atoms with Crippen LogP contribution < -0.4 is 0 Å². The van der Waals surface area contributed by atoms with Gasteiger partial charge in [0.15, 0.2) is 0 Å². The molecule has 184 valence electrons. The van der Waals surface area contributed by atoms with Crippen molar-refractivity contribution in [1.82, 2.24) is 19.1 Å². The summed E-state index contributed by atoms with van der Waals surface area (Å²) < 4.78 is 4.63. The average molecular weight is 519 g/mol. The molecule has 0 fully saturated rings. The van der Waals surface area contributed by atoms with Gasteiger partial charge in [-0.05, 0) is 72.8 Å². The summed E-state index contributed by atoms with van der Waals surface area (Å²) in [5, 5.41) is 4.79.